The lowest BCUT2D eigenvalue weighted by atomic mass is 10.1. The van der Waals surface area contributed by atoms with Gasteiger partial charge >= 0.3 is 0 Å². The molecular formula is C18H27N3O3. The predicted molar refractivity (Wildman–Crippen MR) is 93.6 cm³/mol. The maximum atomic E-state index is 12.2. The van der Waals surface area contributed by atoms with Gasteiger partial charge in [-0.3, -0.25) is 9.59 Å². The standard InChI is InChI=1S/C18H27N3O3/c1-4-12(2)17(22)21-15-7-5-6-14(10-15)11-20-18(23)16-13(3)24-9-8-19-16/h5-7,10,12-13,16,19H,4,8-9,11H2,1-3H3,(H,20,23)(H,21,22)/t12?,13-,16+/m1/s1. The molecule has 1 aliphatic heterocycles. The minimum Gasteiger partial charge on any atom is -0.375 e. The first-order valence-corrected chi connectivity index (χ1v) is 8.53. The maximum Gasteiger partial charge on any atom is 0.240 e. The van der Waals surface area contributed by atoms with Crippen LogP contribution in [0, 0.1) is 5.92 Å². The summed E-state index contributed by atoms with van der Waals surface area (Å²) in [5, 5.41) is 8.99. The van der Waals surface area contributed by atoms with Crippen molar-refractivity contribution in [3.63, 3.8) is 0 Å². The molecule has 132 valence electrons. The van der Waals surface area contributed by atoms with E-state index in [-0.39, 0.29) is 29.9 Å². The minimum atomic E-state index is -0.327. The number of hydrogen-bond acceptors (Lipinski definition) is 4. The summed E-state index contributed by atoms with van der Waals surface area (Å²) < 4.78 is 5.49. The SMILES string of the molecule is CCC(C)C(=O)Nc1cccc(CNC(=O)[C@H]2NCCO[C@@H]2C)c1. The van der Waals surface area contributed by atoms with Gasteiger partial charge in [-0.05, 0) is 31.0 Å². The molecule has 1 aliphatic rings. The molecule has 6 heteroatoms. The predicted octanol–water partition coefficient (Wildman–Crippen LogP) is 1.66. The van der Waals surface area contributed by atoms with Crippen molar-refractivity contribution in [1.29, 1.82) is 0 Å². The van der Waals surface area contributed by atoms with Crippen LogP contribution in [0.25, 0.3) is 0 Å². The van der Waals surface area contributed by atoms with Crippen molar-refractivity contribution < 1.29 is 14.3 Å². The second kappa shape index (κ2) is 8.80. The van der Waals surface area contributed by atoms with Crippen molar-refractivity contribution in [2.45, 2.75) is 45.9 Å². The van der Waals surface area contributed by atoms with Crippen molar-refractivity contribution >= 4 is 17.5 Å². The van der Waals surface area contributed by atoms with E-state index >= 15 is 0 Å². The molecule has 3 N–H and O–H groups in total. The third-order valence-electron chi connectivity index (χ3n) is 4.32. The second-order valence-electron chi connectivity index (χ2n) is 6.22. The van der Waals surface area contributed by atoms with Gasteiger partial charge in [-0.25, -0.2) is 0 Å². The molecule has 1 saturated heterocycles. The second-order valence-corrected chi connectivity index (χ2v) is 6.22. The number of rotatable bonds is 6. The van der Waals surface area contributed by atoms with Crippen molar-refractivity contribution in [1.82, 2.24) is 10.6 Å². The zero-order valence-electron chi connectivity index (χ0n) is 14.6. The number of carbonyl (C=O) groups is 2. The molecule has 1 aromatic rings. The van der Waals surface area contributed by atoms with Crippen LogP contribution in [0.3, 0.4) is 0 Å². The normalized spacial score (nSPS) is 21.8. The molecule has 0 radical (unpaired) electrons. The van der Waals surface area contributed by atoms with Gasteiger partial charge in [0, 0.05) is 24.7 Å². The molecule has 3 atom stereocenters. The Kier molecular flexibility index (Phi) is 6.75. The quantitative estimate of drug-likeness (QED) is 0.740. The zero-order chi connectivity index (χ0) is 17.5. The summed E-state index contributed by atoms with van der Waals surface area (Å²) in [6, 6.07) is 7.21. The first kappa shape index (κ1) is 18.4. The summed E-state index contributed by atoms with van der Waals surface area (Å²) in [5.41, 5.74) is 1.69. The number of ether oxygens (including phenoxy) is 1. The molecule has 6 nitrogen and oxygen atoms in total. The molecule has 1 unspecified atom stereocenters. The molecule has 1 aromatic carbocycles. The van der Waals surface area contributed by atoms with E-state index in [1.807, 2.05) is 45.0 Å². The first-order chi connectivity index (χ1) is 11.5. The van der Waals surface area contributed by atoms with Gasteiger partial charge in [0.15, 0.2) is 0 Å². The highest BCUT2D eigenvalue weighted by atomic mass is 16.5. The molecule has 0 bridgehead atoms. The Hall–Kier alpha value is -1.92. The molecule has 24 heavy (non-hydrogen) atoms. The number of benzene rings is 1. The Bertz CT molecular complexity index is 576. The Morgan fingerprint density at radius 3 is 2.92 bits per heavy atom. The van der Waals surface area contributed by atoms with E-state index in [1.54, 1.807) is 0 Å². The molecule has 2 amide bonds. The van der Waals surface area contributed by atoms with Crippen molar-refractivity contribution in [3.05, 3.63) is 29.8 Å². The summed E-state index contributed by atoms with van der Waals surface area (Å²) in [6.07, 6.45) is 0.663. The van der Waals surface area contributed by atoms with E-state index in [0.29, 0.717) is 19.7 Å². The first-order valence-electron chi connectivity index (χ1n) is 8.53. The number of morpholine rings is 1. The van der Waals surface area contributed by atoms with Gasteiger partial charge in [-0.1, -0.05) is 26.0 Å². The smallest absolute Gasteiger partial charge is 0.240 e. The van der Waals surface area contributed by atoms with Gasteiger partial charge in [0.25, 0.3) is 0 Å². The fourth-order valence-corrected chi connectivity index (χ4v) is 2.54. The van der Waals surface area contributed by atoms with Crippen LogP contribution in [0.1, 0.15) is 32.8 Å². The van der Waals surface area contributed by atoms with Crippen LogP contribution < -0.4 is 16.0 Å². The van der Waals surface area contributed by atoms with Gasteiger partial charge in [-0.2, -0.15) is 0 Å². The minimum absolute atomic E-state index is 0.0102. The van der Waals surface area contributed by atoms with E-state index < -0.39 is 0 Å². The summed E-state index contributed by atoms with van der Waals surface area (Å²) in [7, 11) is 0. The van der Waals surface area contributed by atoms with Crippen LogP contribution in [-0.2, 0) is 20.9 Å². The highest BCUT2D eigenvalue weighted by Gasteiger charge is 2.27. The van der Waals surface area contributed by atoms with Crippen LogP contribution in [0.5, 0.6) is 0 Å². The maximum absolute atomic E-state index is 12.2. The van der Waals surface area contributed by atoms with Crippen LogP contribution >= 0.6 is 0 Å². The Labute approximate surface area is 143 Å². The average Bonchev–Trinajstić information content (AvgIpc) is 2.59. The van der Waals surface area contributed by atoms with Gasteiger partial charge in [0.05, 0.1) is 12.7 Å². The summed E-state index contributed by atoms with van der Waals surface area (Å²) in [6.45, 7) is 7.50. The van der Waals surface area contributed by atoms with E-state index in [1.165, 1.54) is 0 Å². The Morgan fingerprint density at radius 1 is 1.42 bits per heavy atom. The van der Waals surface area contributed by atoms with Crippen LogP contribution in [0.15, 0.2) is 24.3 Å². The number of amides is 2. The van der Waals surface area contributed by atoms with Crippen molar-refractivity contribution in [2.75, 3.05) is 18.5 Å². The van der Waals surface area contributed by atoms with E-state index in [9.17, 15) is 9.59 Å². The van der Waals surface area contributed by atoms with Gasteiger partial charge < -0.3 is 20.7 Å². The van der Waals surface area contributed by atoms with E-state index in [0.717, 1.165) is 17.7 Å². The molecule has 1 heterocycles. The average molecular weight is 333 g/mol. The lowest BCUT2D eigenvalue weighted by Gasteiger charge is -2.29. The number of hydrogen-bond donors (Lipinski definition) is 3. The van der Waals surface area contributed by atoms with Gasteiger partial charge in [0.2, 0.25) is 11.8 Å². The van der Waals surface area contributed by atoms with E-state index in [4.69, 9.17) is 4.74 Å². The lowest BCUT2D eigenvalue weighted by Crippen LogP contribution is -2.55. The van der Waals surface area contributed by atoms with Gasteiger partial charge in [0.1, 0.15) is 6.04 Å². The Morgan fingerprint density at radius 2 is 2.21 bits per heavy atom. The fourth-order valence-electron chi connectivity index (χ4n) is 2.54. The summed E-state index contributed by atoms with van der Waals surface area (Å²) >= 11 is 0. The molecule has 1 fully saturated rings. The largest absolute Gasteiger partial charge is 0.375 e. The lowest BCUT2D eigenvalue weighted by molar-refractivity contribution is -0.129. The number of carbonyl (C=O) groups excluding carboxylic acids is 2. The number of nitrogens with one attached hydrogen (secondary N) is 3. The van der Waals surface area contributed by atoms with Crippen molar-refractivity contribution in [3.8, 4) is 0 Å². The molecule has 0 saturated carbocycles. The highest BCUT2D eigenvalue weighted by Crippen LogP contribution is 2.13. The van der Waals surface area contributed by atoms with Crippen LogP contribution in [-0.4, -0.2) is 37.1 Å². The number of anilines is 1. The molecule has 0 aliphatic carbocycles. The molecule has 0 aromatic heterocycles. The molecule has 0 spiro atoms. The van der Waals surface area contributed by atoms with Crippen LogP contribution in [0.4, 0.5) is 5.69 Å². The fraction of sp³-hybridized carbons (Fsp3) is 0.556. The summed E-state index contributed by atoms with van der Waals surface area (Å²) in [5.74, 6) is -0.0838. The third-order valence-corrected chi connectivity index (χ3v) is 4.32. The topological polar surface area (TPSA) is 79.5 Å². The Balaban J connectivity index is 1.90. The zero-order valence-corrected chi connectivity index (χ0v) is 14.6. The molecular weight excluding hydrogens is 306 g/mol. The van der Waals surface area contributed by atoms with Gasteiger partial charge in [-0.15, -0.1) is 0 Å². The molecule has 2 rings (SSSR count). The monoisotopic (exact) mass is 333 g/mol. The van der Waals surface area contributed by atoms with Crippen molar-refractivity contribution in [2.24, 2.45) is 5.92 Å². The third kappa shape index (κ3) is 5.04. The van der Waals surface area contributed by atoms with Crippen LogP contribution in [0.2, 0.25) is 0 Å². The summed E-state index contributed by atoms with van der Waals surface area (Å²) in [4.78, 5) is 24.2. The van der Waals surface area contributed by atoms with E-state index in [2.05, 4.69) is 16.0 Å². The highest BCUT2D eigenvalue weighted by molar-refractivity contribution is 5.92.